The summed E-state index contributed by atoms with van der Waals surface area (Å²) in [6.45, 7) is 6.26. The van der Waals surface area contributed by atoms with Crippen molar-refractivity contribution in [3.63, 3.8) is 0 Å². The molecule has 120 valence electrons. The number of cyclic esters (lactones) is 1. The minimum atomic E-state index is -0.168. The fraction of sp³-hybridized carbons (Fsp3) is 0.588. The lowest BCUT2D eigenvalue weighted by Crippen LogP contribution is -2.37. The van der Waals surface area contributed by atoms with Gasteiger partial charge in [-0.15, -0.1) is 0 Å². The van der Waals surface area contributed by atoms with Gasteiger partial charge in [0.25, 0.3) is 0 Å². The highest BCUT2D eigenvalue weighted by atomic mass is 16.6. The van der Waals surface area contributed by atoms with Crippen LogP contribution in [0.4, 0.5) is 4.79 Å². The van der Waals surface area contributed by atoms with Crippen LogP contribution in [-0.2, 0) is 4.74 Å². The van der Waals surface area contributed by atoms with Gasteiger partial charge < -0.3 is 14.4 Å². The standard InChI is InChI=1S/C17H24N2O3/c1-13-11-15(14-3-5-16(21-2)6-4-14)12-19(13)8-7-18-9-10-22-17(18)20/h3-6,13,15H,7-12H2,1-2H3. The van der Waals surface area contributed by atoms with E-state index in [1.54, 1.807) is 12.0 Å². The molecule has 3 rings (SSSR count). The molecule has 2 unspecified atom stereocenters. The van der Waals surface area contributed by atoms with Crippen LogP contribution in [0.25, 0.3) is 0 Å². The van der Waals surface area contributed by atoms with Crippen molar-refractivity contribution in [3.05, 3.63) is 29.8 Å². The molecule has 2 aliphatic heterocycles. The van der Waals surface area contributed by atoms with Gasteiger partial charge in [-0.05, 0) is 37.0 Å². The molecular weight excluding hydrogens is 280 g/mol. The van der Waals surface area contributed by atoms with E-state index in [0.29, 0.717) is 18.6 Å². The van der Waals surface area contributed by atoms with E-state index in [-0.39, 0.29) is 6.09 Å². The molecule has 2 aliphatic rings. The molecule has 2 fully saturated rings. The Labute approximate surface area is 131 Å². The summed E-state index contributed by atoms with van der Waals surface area (Å²) in [5.41, 5.74) is 1.37. The second-order valence-electron chi connectivity index (χ2n) is 6.15. The van der Waals surface area contributed by atoms with Crippen molar-refractivity contribution in [1.82, 2.24) is 9.80 Å². The van der Waals surface area contributed by atoms with Crippen molar-refractivity contribution in [2.75, 3.05) is 39.9 Å². The minimum absolute atomic E-state index is 0.168. The summed E-state index contributed by atoms with van der Waals surface area (Å²) in [5, 5.41) is 0. The topological polar surface area (TPSA) is 42.0 Å². The Kier molecular flexibility index (Phi) is 4.52. The minimum Gasteiger partial charge on any atom is -0.497 e. The van der Waals surface area contributed by atoms with E-state index in [1.165, 1.54) is 5.56 Å². The second kappa shape index (κ2) is 6.57. The van der Waals surface area contributed by atoms with Crippen molar-refractivity contribution in [2.45, 2.75) is 25.3 Å². The second-order valence-corrected chi connectivity index (χ2v) is 6.15. The molecule has 0 N–H and O–H groups in total. The van der Waals surface area contributed by atoms with E-state index in [1.807, 2.05) is 12.1 Å². The van der Waals surface area contributed by atoms with Gasteiger partial charge in [0, 0.05) is 25.7 Å². The summed E-state index contributed by atoms with van der Waals surface area (Å²) in [6.07, 6.45) is 0.995. The molecular formula is C17H24N2O3. The molecule has 2 atom stereocenters. The Morgan fingerprint density at radius 1 is 1.27 bits per heavy atom. The maximum atomic E-state index is 11.5. The quantitative estimate of drug-likeness (QED) is 0.837. The number of methoxy groups -OCH3 is 1. The van der Waals surface area contributed by atoms with Gasteiger partial charge in [-0.3, -0.25) is 4.90 Å². The number of ether oxygens (including phenoxy) is 2. The largest absolute Gasteiger partial charge is 0.497 e. The summed E-state index contributed by atoms with van der Waals surface area (Å²) < 4.78 is 10.2. The van der Waals surface area contributed by atoms with Crippen molar-refractivity contribution in [1.29, 1.82) is 0 Å². The fourth-order valence-electron chi connectivity index (χ4n) is 3.41. The van der Waals surface area contributed by atoms with E-state index in [4.69, 9.17) is 9.47 Å². The Morgan fingerprint density at radius 3 is 2.68 bits per heavy atom. The Balaban J connectivity index is 1.55. The average molecular weight is 304 g/mol. The third-order valence-electron chi connectivity index (χ3n) is 4.79. The summed E-state index contributed by atoms with van der Waals surface area (Å²) in [7, 11) is 1.69. The number of benzene rings is 1. The first-order valence-electron chi connectivity index (χ1n) is 7.97. The Hall–Kier alpha value is -1.75. The van der Waals surface area contributed by atoms with Crippen LogP contribution in [0.2, 0.25) is 0 Å². The average Bonchev–Trinajstić information content (AvgIpc) is 3.11. The van der Waals surface area contributed by atoms with Gasteiger partial charge in [0.05, 0.1) is 13.7 Å². The molecule has 0 aliphatic carbocycles. The molecule has 1 aromatic carbocycles. The van der Waals surface area contributed by atoms with E-state index >= 15 is 0 Å². The molecule has 0 radical (unpaired) electrons. The Morgan fingerprint density at radius 2 is 2.05 bits per heavy atom. The van der Waals surface area contributed by atoms with Crippen molar-refractivity contribution in [2.24, 2.45) is 0 Å². The number of hydrogen-bond acceptors (Lipinski definition) is 4. The zero-order chi connectivity index (χ0) is 15.5. The molecule has 0 saturated carbocycles. The van der Waals surface area contributed by atoms with Crippen LogP contribution >= 0.6 is 0 Å². The molecule has 2 saturated heterocycles. The molecule has 5 nitrogen and oxygen atoms in total. The number of nitrogens with zero attached hydrogens (tertiary/aromatic N) is 2. The maximum Gasteiger partial charge on any atom is 0.409 e. The number of likely N-dealkylation sites (tertiary alicyclic amines) is 1. The van der Waals surface area contributed by atoms with Gasteiger partial charge >= 0.3 is 6.09 Å². The third kappa shape index (κ3) is 3.19. The smallest absolute Gasteiger partial charge is 0.409 e. The highest BCUT2D eigenvalue weighted by Crippen LogP contribution is 2.32. The van der Waals surface area contributed by atoms with Gasteiger partial charge in [-0.2, -0.15) is 0 Å². The normalized spacial score (nSPS) is 25.5. The first-order chi connectivity index (χ1) is 10.7. The first-order valence-corrected chi connectivity index (χ1v) is 7.97. The zero-order valence-corrected chi connectivity index (χ0v) is 13.3. The predicted octanol–water partition coefficient (Wildman–Crippen LogP) is 2.33. The molecule has 1 amide bonds. The summed E-state index contributed by atoms with van der Waals surface area (Å²) in [4.78, 5) is 15.8. The summed E-state index contributed by atoms with van der Waals surface area (Å²) >= 11 is 0. The lowest BCUT2D eigenvalue weighted by Gasteiger charge is -2.23. The molecule has 2 heterocycles. The van der Waals surface area contributed by atoms with Crippen LogP contribution < -0.4 is 4.74 Å². The van der Waals surface area contributed by atoms with E-state index in [9.17, 15) is 4.79 Å². The van der Waals surface area contributed by atoms with Crippen molar-refractivity contribution in [3.8, 4) is 5.75 Å². The lowest BCUT2D eigenvalue weighted by atomic mass is 9.97. The first kappa shape index (κ1) is 15.2. The molecule has 1 aromatic rings. The maximum absolute atomic E-state index is 11.5. The van der Waals surface area contributed by atoms with Crippen LogP contribution in [0.3, 0.4) is 0 Å². The summed E-state index contributed by atoms with van der Waals surface area (Å²) in [5.74, 6) is 1.46. The van der Waals surface area contributed by atoms with Gasteiger partial charge in [0.2, 0.25) is 0 Å². The summed E-state index contributed by atoms with van der Waals surface area (Å²) in [6, 6.07) is 8.94. The third-order valence-corrected chi connectivity index (χ3v) is 4.79. The van der Waals surface area contributed by atoms with Gasteiger partial charge in [-0.25, -0.2) is 4.79 Å². The highest BCUT2D eigenvalue weighted by molar-refractivity contribution is 5.69. The number of hydrogen-bond donors (Lipinski definition) is 0. The Bertz CT molecular complexity index is 517. The number of carbonyl (C=O) groups excluding carboxylic acids is 1. The number of carbonyl (C=O) groups is 1. The predicted molar refractivity (Wildman–Crippen MR) is 84.3 cm³/mol. The number of rotatable bonds is 5. The van der Waals surface area contributed by atoms with Crippen LogP contribution in [0, 0.1) is 0 Å². The fourth-order valence-corrected chi connectivity index (χ4v) is 3.41. The van der Waals surface area contributed by atoms with Crippen LogP contribution in [0.15, 0.2) is 24.3 Å². The van der Waals surface area contributed by atoms with Crippen molar-refractivity contribution >= 4 is 6.09 Å². The molecule has 0 aromatic heterocycles. The van der Waals surface area contributed by atoms with E-state index in [2.05, 4.69) is 24.0 Å². The monoisotopic (exact) mass is 304 g/mol. The number of amides is 1. The molecule has 0 spiro atoms. The van der Waals surface area contributed by atoms with Crippen LogP contribution in [0.1, 0.15) is 24.8 Å². The van der Waals surface area contributed by atoms with Gasteiger partial charge in [-0.1, -0.05) is 12.1 Å². The van der Waals surface area contributed by atoms with Crippen molar-refractivity contribution < 1.29 is 14.3 Å². The SMILES string of the molecule is COc1ccc(C2CC(C)N(CCN3CCOC3=O)C2)cc1. The van der Waals surface area contributed by atoms with Gasteiger partial charge in [0.15, 0.2) is 0 Å². The molecule has 5 heteroatoms. The molecule has 22 heavy (non-hydrogen) atoms. The lowest BCUT2D eigenvalue weighted by molar-refractivity contribution is 0.152. The zero-order valence-electron chi connectivity index (χ0n) is 13.3. The van der Waals surface area contributed by atoms with E-state index < -0.39 is 0 Å². The van der Waals surface area contributed by atoms with Gasteiger partial charge in [0.1, 0.15) is 12.4 Å². The van der Waals surface area contributed by atoms with E-state index in [0.717, 1.165) is 38.3 Å². The highest BCUT2D eigenvalue weighted by Gasteiger charge is 2.31. The van der Waals surface area contributed by atoms with Crippen LogP contribution in [-0.4, -0.2) is 61.8 Å². The molecule has 0 bridgehead atoms. The van der Waals surface area contributed by atoms with Crippen LogP contribution in [0.5, 0.6) is 5.75 Å².